The average molecular weight is 457 g/mol. The molecule has 3 heterocycles. The number of nitrogens with one attached hydrogen (secondary N) is 1. The lowest BCUT2D eigenvalue weighted by atomic mass is 9.87. The second-order valence-corrected chi connectivity index (χ2v) is 8.42. The lowest BCUT2D eigenvalue weighted by molar-refractivity contribution is -0.127. The number of methoxy groups -OCH3 is 2. The smallest absolute Gasteiger partial charge is 0.254 e. The van der Waals surface area contributed by atoms with Gasteiger partial charge in [0.25, 0.3) is 5.91 Å². The van der Waals surface area contributed by atoms with Gasteiger partial charge in [-0.1, -0.05) is 6.53 Å². The molecule has 1 unspecified atom stereocenters. The van der Waals surface area contributed by atoms with Crippen LogP contribution in [0.5, 0.6) is 11.5 Å². The first-order valence-electron chi connectivity index (χ1n) is 12.5. The molecule has 1 saturated heterocycles. The Labute approximate surface area is 197 Å². The minimum Gasteiger partial charge on any atom is -0.496 e. The topological polar surface area (TPSA) is 112 Å². The van der Waals surface area contributed by atoms with Crippen molar-refractivity contribution < 1.29 is 23.2 Å². The Kier molecular flexibility index (Phi) is 5.29. The van der Waals surface area contributed by atoms with Gasteiger partial charge < -0.3 is 25.4 Å². The first-order valence-corrected chi connectivity index (χ1v) is 11.0. The molecular weight excluding hydrogens is 422 g/mol. The number of nitrogens with zero attached hydrogens (tertiary/aromatic N) is 3. The third-order valence-electron chi connectivity index (χ3n) is 6.71. The number of nitrogens with two attached hydrogens (primary N) is 1. The molecule has 0 saturated carbocycles. The van der Waals surface area contributed by atoms with E-state index in [0.717, 1.165) is 12.0 Å². The first-order chi connectivity index (χ1) is 17.2. The van der Waals surface area contributed by atoms with Gasteiger partial charge in [-0.05, 0) is 50.3 Å². The number of benzene rings is 1. The Morgan fingerprint density at radius 3 is 2.52 bits per heavy atom. The summed E-state index contributed by atoms with van der Waals surface area (Å²) >= 11 is 0. The SMILES string of the molecule is [2H]C([2H])=C([2H])C(=O)N1CCC(C2CCNc3c(C(N)=O)c(-c4cc(OC)c(C)c(OC)c4)nn32)CC1. The van der Waals surface area contributed by atoms with Gasteiger partial charge in [0.1, 0.15) is 28.6 Å². The highest BCUT2D eigenvalue weighted by molar-refractivity contribution is 6.04. The Hall–Kier alpha value is -3.49. The lowest BCUT2D eigenvalue weighted by Crippen LogP contribution is -2.41. The molecule has 33 heavy (non-hydrogen) atoms. The molecule has 4 rings (SSSR count). The molecule has 2 aromatic rings. The van der Waals surface area contributed by atoms with Crippen LogP contribution in [0.2, 0.25) is 0 Å². The third-order valence-corrected chi connectivity index (χ3v) is 6.71. The Bertz CT molecular complexity index is 1190. The van der Waals surface area contributed by atoms with Crippen molar-refractivity contribution in [3.05, 3.63) is 35.8 Å². The molecule has 9 nitrogen and oxygen atoms in total. The largest absolute Gasteiger partial charge is 0.496 e. The second kappa shape index (κ2) is 9.17. The van der Waals surface area contributed by atoms with E-state index in [1.54, 1.807) is 14.2 Å². The molecule has 1 fully saturated rings. The quantitative estimate of drug-likeness (QED) is 0.647. The fourth-order valence-electron chi connectivity index (χ4n) is 4.96. The summed E-state index contributed by atoms with van der Waals surface area (Å²) in [5.74, 6) is 0.816. The van der Waals surface area contributed by atoms with Gasteiger partial charge in [0.05, 0.1) is 24.4 Å². The van der Waals surface area contributed by atoms with Gasteiger partial charge in [-0.15, -0.1) is 0 Å². The minimum absolute atomic E-state index is 0.00600. The molecule has 176 valence electrons. The lowest BCUT2D eigenvalue weighted by Gasteiger charge is -2.38. The Morgan fingerprint density at radius 2 is 1.94 bits per heavy atom. The highest BCUT2D eigenvalue weighted by atomic mass is 16.5. The predicted molar refractivity (Wildman–Crippen MR) is 126 cm³/mol. The van der Waals surface area contributed by atoms with Crippen LogP contribution in [-0.4, -0.2) is 60.3 Å². The van der Waals surface area contributed by atoms with Crippen LogP contribution in [0.1, 0.15) is 45.3 Å². The van der Waals surface area contributed by atoms with Crippen molar-refractivity contribution in [2.75, 3.05) is 39.2 Å². The molecule has 1 atom stereocenters. The Morgan fingerprint density at radius 1 is 1.27 bits per heavy atom. The number of anilines is 1. The van der Waals surface area contributed by atoms with Crippen LogP contribution in [-0.2, 0) is 4.79 Å². The summed E-state index contributed by atoms with van der Waals surface area (Å²) in [6.45, 7) is 2.62. The summed E-state index contributed by atoms with van der Waals surface area (Å²) in [7, 11) is 3.14. The van der Waals surface area contributed by atoms with E-state index in [1.807, 2.05) is 23.7 Å². The van der Waals surface area contributed by atoms with Crippen molar-refractivity contribution >= 4 is 17.6 Å². The number of hydrogen-bond acceptors (Lipinski definition) is 6. The summed E-state index contributed by atoms with van der Waals surface area (Å²) in [5, 5.41) is 8.15. The number of hydrogen-bond donors (Lipinski definition) is 2. The molecule has 3 N–H and O–H groups in total. The van der Waals surface area contributed by atoms with Crippen LogP contribution in [0.25, 0.3) is 11.3 Å². The summed E-state index contributed by atoms with van der Waals surface area (Å²) < 4.78 is 35.0. The maximum absolute atomic E-state index is 12.6. The third kappa shape index (κ3) is 4.03. The molecule has 0 aliphatic carbocycles. The zero-order chi connectivity index (χ0) is 26.1. The van der Waals surface area contributed by atoms with Gasteiger partial charge in [0.15, 0.2) is 0 Å². The zero-order valence-electron chi connectivity index (χ0n) is 22.1. The van der Waals surface area contributed by atoms with E-state index >= 15 is 0 Å². The van der Waals surface area contributed by atoms with Gasteiger partial charge in [-0.2, -0.15) is 5.10 Å². The summed E-state index contributed by atoms with van der Waals surface area (Å²) in [4.78, 5) is 26.5. The molecular formula is C24H31N5O4. The zero-order valence-corrected chi connectivity index (χ0v) is 19.1. The Balaban J connectivity index is 1.67. The number of fused-ring (bicyclic) bond motifs is 1. The maximum atomic E-state index is 12.6. The number of primary amides is 1. The standard InChI is InChI=1S/C24H31N5O4/c1-5-20(30)28-10-7-15(8-11-28)17-6-9-26-24-21(23(25)31)22(27-29(17)24)16-12-18(32-3)14(2)19(13-16)33-4/h5,12-13,15,17,26H,1,6-11H2,2-4H3,(H2,25,31)/i1D2,5D. The van der Waals surface area contributed by atoms with Crippen molar-refractivity contribution in [2.45, 2.75) is 32.2 Å². The van der Waals surface area contributed by atoms with E-state index in [4.69, 9.17) is 24.4 Å². The van der Waals surface area contributed by atoms with E-state index in [9.17, 15) is 9.59 Å². The molecule has 1 aromatic carbocycles. The van der Waals surface area contributed by atoms with Gasteiger partial charge in [-0.25, -0.2) is 4.68 Å². The number of piperidine rings is 1. The number of rotatable bonds is 6. The van der Waals surface area contributed by atoms with E-state index in [0.29, 0.717) is 66.6 Å². The number of carbonyl (C=O) groups is 2. The molecule has 9 heteroatoms. The maximum Gasteiger partial charge on any atom is 0.254 e. The van der Waals surface area contributed by atoms with Gasteiger partial charge >= 0.3 is 0 Å². The van der Waals surface area contributed by atoms with Crippen LogP contribution in [0, 0.1) is 12.8 Å². The van der Waals surface area contributed by atoms with Gasteiger partial charge in [-0.3, -0.25) is 9.59 Å². The number of ether oxygens (including phenoxy) is 2. The summed E-state index contributed by atoms with van der Waals surface area (Å²) in [5.41, 5.74) is 8.07. The van der Waals surface area contributed by atoms with Crippen LogP contribution in [0.15, 0.2) is 24.7 Å². The number of likely N-dealkylation sites (tertiary alicyclic amines) is 1. The number of aromatic nitrogens is 2. The van der Waals surface area contributed by atoms with Gasteiger partial charge in [0.2, 0.25) is 5.91 Å². The van der Waals surface area contributed by atoms with Crippen LogP contribution >= 0.6 is 0 Å². The molecule has 2 aliphatic rings. The van der Waals surface area contributed by atoms with Crippen molar-refractivity contribution in [3.8, 4) is 22.8 Å². The van der Waals surface area contributed by atoms with E-state index in [1.165, 1.54) is 4.90 Å². The fourth-order valence-corrected chi connectivity index (χ4v) is 4.96. The first kappa shape index (κ1) is 19.0. The van der Waals surface area contributed by atoms with Crippen LogP contribution in [0.4, 0.5) is 5.82 Å². The minimum atomic E-state index is -0.780. The number of amides is 2. The average Bonchev–Trinajstić information content (AvgIpc) is 3.28. The monoisotopic (exact) mass is 456 g/mol. The van der Waals surface area contributed by atoms with Crippen molar-refractivity contribution in [1.29, 1.82) is 0 Å². The second-order valence-electron chi connectivity index (χ2n) is 8.42. The van der Waals surface area contributed by atoms with Crippen molar-refractivity contribution in [3.63, 3.8) is 0 Å². The molecule has 2 aliphatic heterocycles. The van der Waals surface area contributed by atoms with Crippen molar-refractivity contribution in [2.24, 2.45) is 11.7 Å². The number of carbonyl (C=O) groups excluding carboxylic acids is 2. The molecule has 0 bridgehead atoms. The summed E-state index contributed by atoms with van der Waals surface area (Å²) in [6, 6.07) is 3.03. The van der Waals surface area contributed by atoms with Crippen LogP contribution < -0.4 is 20.5 Å². The van der Waals surface area contributed by atoms with E-state index in [-0.39, 0.29) is 12.0 Å². The van der Waals surface area contributed by atoms with Crippen LogP contribution in [0.3, 0.4) is 0 Å². The highest BCUT2D eigenvalue weighted by Gasteiger charge is 2.36. The molecule has 0 radical (unpaired) electrons. The summed E-state index contributed by atoms with van der Waals surface area (Å²) in [6.07, 6.45) is 2.15. The van der Waals surface area contributed by atoms with E-state index < -0.39 is 24.4 Å². The molecule has 2 amide bonds. The molecule has 0 spiro atoms. The predicted octanol–water partition coefficient (Wildman–Crippen LogP) is 2.76. The van der Waals surface area contributed by atoms with Gasteiger partial charge in [0, 0.05) is 30.8 Å². The fraction of sp³-hybridized carbons (Fsp3) is 0.458. The van der Waals surface area contributed by atoms with E-state index in [2.05, 4.69) is 5.32 Å². The van der Waals surface area contributed by atoms with Crippen molar-refractivity contribution in [1.82, 2.24) is 14.7 Å². The normalized spacial score (nSPS) is 19.4. The molecule has 1 aromatic heterocycles. The highest BCUT2D eigenvalue weighted by Crippen LogP contribution is 2.42.